The molecule has 3 heteroatoms. The quantitative estimate of drug-likeness (QED) is 0.812. The molecule has 0 spiro atoms. The maximum Gasteiger partial charge on any atom is 0.0617 e. The summed E-state index contributed by atoms with van der Waals surface area (Å²) >= 11 is 0. The molecule has 2 heterocycles. The van der Waals surface area contributed by atoms with Gasteiger partial charge in [0.25, 0.3) is 0 Å². The van der Waals surface area contributed by atoms with E-state index in [0.29, 0.717) is 18.2 Å². The topological polar surface area (TPSA) is 24.5 Å². The van der Waals surface area contributed by atoms with E-state index in [2.05, 4.69) is 37.9 Å². The molecule has 0 unspecified atom stereocenters. The van der Waals surface area contributed by atoms with Crippen LogP contribution >= 0.6 is 0 Å². The van der Waals surface area contributed by atoms with Gasteiger partial charge in [0.2, 0.25) is 0 Å². The highest BCUT2D eigenvalue weighted by Gasteiger charge is 2.29. The van der Waals surface area contributed by atoms with E-state index < -0.39 is 0 Å². The van der Waals surface area contributed by atoms with Crippen LogP contribution in [0.2, 0.25) is 0 Å². The molecule has 0 aromatic heterocycles. The van der Waals surface area contributed by atoms with Crippen LogP contribution in [0.25, 0.3) is 0 Å². The minimum Gasteiger partial charge on any atom is -0.378 e. The molecular formula is C18H36N2O. The Morgan fingerprint density at radius 3 is 2.29 bits per heavy atom. The third kappa shape index (κ3) is 4.94. The molecule has 2 rings (SSSR count). The van der Waals surface area contributed by atoms with E-state index in [1.54, 1.807) is 0 Å². The van der Waals surface area contributed by atoms with Crippen molar-refractivity contribution in [1.82, 2.24) is 10.2 Å². The Hall–Kier alpha value is -0.120. The SMILES string of the molecule is CCC(CC)[C@@H]1C[C@H](NC2CCN(C(C)C)CC2)CCO1. The average Bonchev–Trinajstić information content (AvgIpc) is 2.49. The molecule has 0 aromatic rings. The van der Waals surface area contributed by atoms with Gasteiger partial charge in [-0.25, -0.2) is 0 Å². The minimum absolute atomic E-state index is 0.488. The van der Waals surface area contributed by atoms with Crippen molar-refractivity contribution in [3.05, 3.63) is 0 Å². The molecule has 0 radical (unpaired) electrons. The van der Waals surface area contributed by atoms with Gasteiger partial charge in [0, 0.05) is 24.7 Å². The summed E-state index contributed by atoms with van der Waals surface area (Å²) in [6, 6.07) is 2.11. The Kier molecular flexibility index (Phi) is 6.97. The number of hydrogen-bond donors (Lipinski definition) is 1. The highest BCUT2D eigenvalue weighted by molar-refractivity contribution is 4.86. The van der Waals surface area contributed by atoms with Gasteiger partial charge in [0.05, 0.1) is 6.10 Å². The van der Waals surface area contributed by atoms with Gasteiger partial charge >= 0.3 is 0 Å². The zero-order valence-corrected chi connectivity index (χ0v) is 14.6. The molecule has 124 valence electrons. The molecule has 2 aliphatic heterocycles. The second-order valence-electron chi connectivity index (χ2n) is 7.28. The van der Waals surface area contributed by atoms with Crippen molar-refractivity contribution in [2.75, 3.05) is 19.7 Å². The molecule has 21 heavy (non-hydrogen) atoms. The summed E-state index contributed by atoms with van der Waals surface area (Å²) in [7, 11) is 0. The molecule has 0 amide bonds. The van der Waals surface area contributed by atoms with Crippen LogP contribution in [0.1, 0.15) is 66.2 Å². The summed E-state index contributed by atoms with van der Waals surface area (Å²) in [5.74, 6) is 0.748. The summed E-state index contributed by atoms with van der Waals surface area (Å²) in [5, 5.41) is 3.94. The lowest BCUT2D eigenvalue weighted by molar-refractivity contribution is -0.0373. The first-order valence-electron chi connectivity index (χ1n) is 9.25. The Labute approximate surface area is 131 Å². The van der Waals surface area contributed by atoms with Crippen molar-refractivity contribution in [3.8, 4) is 0 Å². The summed E-state index contributed by atoms with van der Waals surface area (Å²) in [4.78, 5) is 2.61. The fraction of sp³-hybridized carbons (Fsp3) is 1.00. The van der Waals surface area contributed by atoms with Gasteiger partial charge in [-0.15, -0.1) is 0 Å². The van der Waals surface area contributed by atoms with E-state index in [4.69, 9.17) is 4.74 Å². The zero-order chi connectivity index (χ0) is 15.2. The second kappa shape index (κ2) is 8.50. The van der Waals surface area contributed by atoms with Crippen LogP contribution in [-0.4, -0.2) is 48.8 Å². The molecule has 0 aliphatic carbocycles. The van der Waals surface area contributed by atoms with Gasteiger partial charge in [-0.05, 0) is 58.5 Å². The highest BCUT2D eigenvalue weighted by atomic mass is 16.5. The standard InChI is InChI=1S/C18H36N2O/c1-5-15(6-2)18-13-17(9-12-21-18)19-16-7-10-20(11-8-16)14(3)4/h14-19H,5-13H2,1-4H3/t17-,18+/m1/s1. The molecule has 2 fully saturated rings. The van der Waals surface area contributed by atoms with E-state index in [9.17, 15) is 0 Å². The largest absolute Gasteiger partial charge is 0.378 e. The van der Waals surface area contributed by atoms with Crippen molar-refractivity contribution in [2.45, 2.75) is 90.4 Å². The predicted octanol–water partition coefficient (Wildman–Crippen LogP) is 3.43. The molecule has 0 aromatic carbocycles. The predicted molar refractivity (Wildman–Crippen MR) is 89.7 cm³/mol. The molecule has 1 N–H and O–H groups in total. The maximum absolute atomic E-state index is 6.04. The van der Waals surface area contributed by atoms with Crippen LogP contribution in [-0.2, 0) is 4.74 Å². The zero-order valence-electron chi connectivity index (χ0n) is 14.6. The first-order valence-corrected chi connectivity index (χ1v) is 9.25. The number of ether oxygens (including phenoxy) is 1. The molecule has 2 saturated heterocycles. The monoisotopic (exact) mass is 296 g/mol. The van der Waals surface area contributed by atoms with Crippen LogP contribution < -0.4 is 5.32 Å². The van der Waals surface area contributed by atoms with Gasteiger partial charge < -0.3 is 15.0 Å². The van der Waals surface area contributed by atoms with Gasteiger partial charge in [-0.1, -0.05) is 26.7 Å². The van der Waals surface area contributed by atoms with Crippen molar-refractivity contribution >= 4 is 0 Å². The van der Waals surface area contributed by atoms with Crippen LogP contribution in [0, 0.1) is 5.92 Å². The smallest absolute Gasteiger partial charge is 0.0617 e. The summed E-state index contributed by atoms with van der Waals surface area (Å²) in [6.07, 6.45) is 8.03. The minimum atomic E-state index is 0.488. The molecule has 2 aliphatic rings. The molecule has 3 nitrogen and oxygen atoms in total. The van der Waals surface area contributed by atoms with Crippen LogP contribution in [0.3, 0.4) is 0 Å². The number of likely N-dealkylation sites (tertiary alicyclic amines) is 1. The van der Waals surface area contributed by atoms with E-state index in [1.165, 1.54) is 51.6 Å². The van der Waals surface area contributed by atoms with E-state index in [1.807, 2.05) is 0 Å². The Morgan fingerprint density at radius 2 is 1.71 bits per heavy atom. The van der Waals surface area contributed by atoms with Gasteiger partial charge in [-0.3, -0.25) is 0 Å². The Bertz CT molecular complexity index is 283. The fourth-order valence-electron chi connectivity index (χ4n) is 4.04. The summed E-state index contributed by atoms with van der Waals surface area (Å²) in [6.45, 7) is 12.7. The third-order valence-electron chi connectivity index (χ3n) is 5.62. The van der Waals surface area contributed by atoms with E-state index in [-0.39, 0.29) is 0 Å². The first kappa shape index (κ1) is 17.2. The first-order chi connectivity index (χ1) is 10.1. The van der Waals surface area contributed by atoms with Crippen LogP contribution in [0.4, 0.5) is 0 Å². The van der Waals surface area contributed by atoms with E-state index >= 15 is 0 Å². The third-order valence-corrected chi connectivity index (χ3v) is 5.62. The van der Waals surface area contributed by atoms with Crippen molar-refractivity contribution < 1.29 is 4.74 Å². The number of piperidine rings is 1. The van der Waals surface area contributed by atoms with Gasteiger partial charge in [0.15, 0.2) is 0 Å². The number of nitrogens with zero attached hydrogens (tertiary/aromatic N) is 1. The number of nitrogens with one attached hydrogen (secondary N) is 1. The van der Waals surface area contributed by atoms with Crippen molar-refractivity contribution in [3.63, 3.8) is 0 Å². The highest BCUT2D eigenvalue weighted by Crippen LogP contribution is 2.26. The summed E-state index contributed by atoms with van der Waals surface area (Å²) in [5.41, 5.74) is 0. The molecule has 0 bridgehead atoms. The Morgan fingerprint density at radius 1 is 1.05 bits per heavy atom. The lowest BCUT2D eigenvalue weighted by Crippen LogP contribution is -2.50. The average molecular weight is 296 g/mol. The second-order valence-corrected chi connectivity index (χ2v) is 7.28. The van der Waals surface area contributed by atoms with E-state index in [0.717, 1.165) is 18.6 Å². The van der Waals surface area contributed by atoms with Crippen LogP contribution in [0.15, 0.2) is 0 Å². The van der Waals surface area contributed by atoms with Gasteiger partial charge in [-0.2, -0.15) is 0 Å². The number of rotatable bonds is 6. The molecule has 0 saturated carbocycles. The van der Waals surface area contributed by atoms with Gasteiger partial charge in [0.1, 0.15) is 0 Å². The maximum atomic E-state index is 6.04. The molecule has 2 atom stereocenters. The van der Waals surface area contributed by atoms with Crippen LogP contribution in [0.5, 0.6) is 0 Å². The summed E-state index contributed by atoms with van der Waals surface area (Å²) < 4.78 is 6.04. The number of hydrogen-bond acceptors (Lipinski definition) is 3. The lowest BCUT2D eigenvalue weighted by Gasteiger charge is -2.39. The fourth-order valence-corrected chi connectivity index (χ4v) is 4.04. The van der Waals surface area contributed by atoms with Crippen molar-refractivity contribution in [2.24, 2.45) is 5.92 Å². The Balaban J connectivity index is 1.75. The lowest BCUT2D eigenvalue weighted by atomic mass is 9.88. The molecular weight excluding hydrogens is 260 g/mol. The van der Waals surface area contributed by atoms with Crippen molar-refractivity contribution in [1.29, 1.82) is 0 Å². The normalized spacial score (nSPS) is 29.4.